The zero-order chi connectivity index (χ0) is 10.6. The highest BCUT2D eigenvalue weighted by Crippen LogP contribution is 2.16. The van der Waals surface area contributed by atoms with E-state index < -0.39 is 0 Å². The van der Waals surface area contributed by atoms with E-state index in [9.17, 15) is 5.11 Å². The van der Waals surface area contributed by atoms with Crippen LogP contribution in [0.1, 0.15) is 26.7 Å². The fraction of sp³-hybridized carbons (Fsp3) is 1.00. The van der Waals surface area contributed by atoms with Crippen LogP contribution in [0, 0.1) is 5.92 Å². The van der Waals surface area contributed by atoms with Crippen LogP contribution in [-0.4, -0.2) is 54.4 Å². The second-order valence-electron chi connectivity index (χ2n) is 4.54. The van der Waals surface area contributed by atoms with Gasteiger partial charge in [0.15, 0.2) is 0 Å². The normalized spacial score (nSPS) is 22.9. The summed E-state index contributed by atoms with van der Waals surface area (Å²) in [6.07, 6.45) is 2.26. The maximum absolute atomic E-state index is 9.82. The Labute approximate surface area is 87.7 Å². The lowest BCUT2D eigenvalue weighted by atomic mass is 9.99. The fourth-order valence-electron chi connectivity index (χ4n) is 1.83. The first-order valence-electron chi connectivity index (χ1n) is 5.74. The number of hydrogen-bond acceptors (Lipinski definition) is 3. The molecule has 0 amide bonds. The van der Waals surface area contributed by atoms with Gasteiger partial charge in [0, 0.05) is 6.54 Å². The van der Waals surface area contributed by atoms with Gasteiger partial charge in [-0.05, 0) is 45.4 Å². The minimum absolute atomic E-state index is 0.298. The van der Waals surface area contributed by atoms with Crippen LogP contribution in [0.5, 0.6) is 0 Å². The molecule has 1 unspecified atom stereocenters. The molecule has 1 fully saturated rings. The summed E-state index contributed by atoms with van der Waals surface area (Å²) in [5.41, 5.74) is 0. The van der Waals surface area contributed by atoms with Gasteiger partial charge in [-0.15, -0.1) is 0 Å². The molecular weight excluding hydrogens is 176 g/mol. The van der Waals surface area contributed by atoms with Gasteiger partial charge >= 0.3 is 0 Å². The van der Waals surface area contributed by atoms with Crippen LogP contribution in [0.3, 0.4) is 0 Å². The third kappa shape index (κ3) is 3.56. The average Bonchev–Trinajstić information content (AvgIpc) is 2.20. The Morgan fingerprint density at radius 1 is 1.43 bits per heavy atom. The first-order valence-corrected chi connectivity index (χ1v) is 5.74. The van der Waals surface area contributed by atoms with Gasteiger partial charge in [0.1, 0.15) is 6.23 Å². The lowest BCUT2D eigenvalue weighted by Crippen LogP contribution is -2.44. The van der Waals surface area contributed by atoms with E-state index >= 15 is 0 Å². The molecule has 0 aromatic rings. The largest absolute Gasteiger partial charge is 0.377 e. The van der Waals surface area contributed by atoms with E-state index in [-0.39, 0.29) is 6.23 Å². The molecule has 1 N–H and O–H groups in total. The summed E-state index contributed by atoms with van der Waals surface area (Å²) in [7, 11) is 1.97. The quantitative estimate of drug-likeness (QED) is 0.686. The number of likely N-dealkylation sites (tertiary alicyclic amines) is 1. The smallest absolute Gasteiger partial charge is 0.119 e. The first kappa shape index (κ1) is 12.0. The van der Waals surface area contributed by atoms with Crippen molar-refractivity contribution in [3.05, 3.63) is 0 Å². The van der Waals surface area contributed by atoms with E-state index in [2.05, 4.69) is 18.7 Å². The van der Waals surface area contributed by atoms with E-state index in [4.69, 9.17) is 0 Å². The number of likely N-dealkylation sites (N-methyl/N-ethyl adjacent to an activating group) is 1. The number of nitrogens with zero attached hydrogens (tertiary/aromatic N) is 2. The van der Waals surface area contributed by atoms with Crippen molar-refractivity contribution in [1.29, 1.82) is 0 Å². The fourth-order valence-corrected chi connectivity index (χ4v) is 1.83. The van der Waals surface area contributed by atoms with E-state index in [1.807, 2.05) is 11.9 Å². The van der Waals surface area contributed by atoms with Crippen molar-refractivity contribution in [2.45, 2.75) is 32.9 Å². The highest BCUT2D eigenvalue weighted by Gasteiger charge is 2.19. The molecule has 3 nitrogen and oxygen atoms in total. The van der Waals surface area contributed by atoms with Crippen molar-refractivity contribution >= 4 is 0 Å². The molecule has 1 rings (SSSR count). The molecule has 3 heteroatoms. The van der Waals surface area contributed by atoms with Crippen LogP contribution in [0.2, 0.25) is 0 Å². The Hall–Kier alpha value is -0.120. The summed E-state index contributed by atoms with van der Waals surface area (Å²) in [6, 6.07) is 0. The number of rotatable bonds is 4. The zero-order valence-electron chi connectivity index (χ0n) is 9.74. The zero-order valence-corrected chi connectivity index (χ0v) is 9.74. The topological polar surface area (TPSA) is 26.7 Å². The van der Waals surface area contributed by atoms with E-state index in [1.165, 1.54) is 12.8 Å². The Morgan fingerprint density at radius 2 is 2.00 bits per heavy atom. The Bertz CT molecular complexity index is 155. The van der Waals surface area contributed by atoms with Gasteiger partial charge in [0.25, 0.3) is 0 Å². The summed E-state index contributed by atoms with van der Waals surface area (Å²) in [5.74, 6) is 0.868. The second kappa shape index (κ2) is 5.69. The molecule has 1 atom stereocenters. The minimum Gasteiger partial charge on any atom is -0.377 e. The number of aliphatic hydroxyl groups excluding tert-OH is 1. The SMILES string of the molecule is CCN(C)C(O)CN1CCC(C)CC1. The summed E-state index contributed by atoms with van der Waals surface area (Å²) >= 11 is 0. The predicted molar refractivity (Wildman–Crippen MR) is 59.1 cm³/mol. The lowest BCUT2D eigenvalue weighted by molar-refractivity contribution is -0.00946. The number of hydrogen-bond donors (Lipinski definition) is 1. The number of piperidine rings is 1. The lowest BCUT2D eigenvalue weighted by Gasteiger charge is -2.33. The summed E-state index contributed by atoms with van der Waals surface area (Å²) in [5, 5.41) is 9.82. The van der Waals surface area contributed by atoms with Crippen LogP contribution in [0.15, 0.2) is 0 Å². The van der Waals surface area contributed by atoms with Crippen molar-refractivity contribution in [2.75, 3.05) is 33.2 Å². The second-order valence-corrected chi connectivity index (χ2v) is 4.54. The molecule has 0 spiro atoms. The Morgan fingerprint density at radius 3 is 2.50 bits per heavy atom. The van der Waals surface area contributed by atoms with Gasteiger partial charge in [-0.25, -0.2) is 0 Å². The molecule has 0 aromatic heterocycles. The minimum atomic E-state index is -0.298. The van der Waals surface area contributed by atoms with Crippen LogP contribution < -0.4 is 0 Å². The molecule has 0 aliphatic carbocycles. The monoisotopic (exact) mass is 200 g/mol. The molecule has 1 heterocycles. The van der Waals surface area contributed by atoms with Gasteiger partial charge in [0.2, 0.25) is 0 Å². The first-order chi connectivity index (χ1) is 6.63. The van der Waals surface area contributed by atoms with Crippen molar-refractivity contribution in [2.24, 2.45) is 5.92 Å². The van der Waals surface area contributed by atoms with Crippen molar-refractivity contribution < 1.29 is 5.11 Å². The van der Waals surface area contributed by atoms with Gasteiger partial charge in [-0.1, -0.05) is 13.8 Å². The highest BCUT2D eigenvalue weighted by atomic mass is 16.3. The third-order valence-electron chi connectivity index (χ3n) is 3.31. The van der Waals surface area contributed by atoms with Gasteiger partial charge in [0.05, 0.1) is 0 Å². The van der Waals surface area contributed by atoms with Crippen LogP contribution >= 0.6 is 0 Å². The molecule has 0 radical (unpaired) electrons. The van der Waals surface area contributed by atoms with E-state index in [0.29, 0.717) is 0 Å². The van der Waals surface area contributed by atoms with Gasteiger partial charge < -0.3 is 5.11 Å². The number of β-amino-alcohol motifs (C(OH)–C–C–N with tert-alkyl or cyclic N) is 1. The Kier molecular flexibility index (Phi) is 4.85. The average molecular weight is 200 g/mol. The molecule has 14 heavy (non-hydrogen) atoms. The van der Waals surface area contributed by atoms with Crippen molar-refractivity contribution in [3.8, 4) is 0 Å². The molecule has 0 aromatic carbocycles. The predicted octanol–water partition coefficient (Wildman–Crippen LogP) is 0.988. The van der Waals surface area contributed by atoms with Crippen LogP contribution in [0.4, 0.5) is 0 Å². The molecule has 1 aliphatic heterocycles. The molecular formula is C11H24N2O. The maximum atomic E-state index is 9.82. The van der Waals surface area contributed by atoms with Crippen LogP contribution in [0.25, 0.3) is 0 Å². The number of aliphatic hydroxyl groups is 1. The van der Waals surface area contributed by atoms with Gasteiger partial charge in [-0.3, -0.25) is 9.80 Å². The summed E-state index contributed by atoms with van der Waals surface area (Å²) in [4.78, 5) is 4.36. The summed E-state index contributed by atoms with van der Waals surface area (Å²) < 4.78 is 0. The maximum Gasteiger partial charge on any atom is 0.119 e. The molecule has 84 valence electrons. The molecule has 1 aliphatic rings. The van der Waals surface area contributed by atoms with Gasteiger partial charge in [-0.2, -0.15) is 0 Å². The Balaban J connectivity index is 2.23. The molecule has 1 saturated heterocycles. The van der Waals surface area contributed by atoms with Crippen LogP contribution in [-0.2, 0) is 0 Å². The standard InChI is InChI=1S/C11H24N2O/c1-4-12(3)11(14)9-13-7-5-10(2)6-8-13/h10-11,14H,4-9H2,1-3H3. The summed E-state index contributed by atoms with van der Waals surface area (Å²) in [6.45, 7) is 8.39. The van der Waals surface area contributed by atoms with Crippen molar-refractivity contribution in [3.63, 3.8) is 0 Å². The highest BCUT2D eigenvalue weighted by molar-refractivity contribution is 4.71. The van der Waals surface area contributed by atoms with E-state index in [0.717, 1.165) is 32.1 Å². The molecule has 0 bridgehead atoms. The molecule has 0 saturated carbocycles. The third-order valence-corrected chi connectivity index (χ3v) is 3.31. The van der Waals surface area contributed by atoms with Crippen molar-refractivity contribution in [1.82, 2.24) is 9.80 Å². The van der Waals surface area contributed by atoms with E-state index in [1.54, 1.807) is 0 Å².